The summed E-state index contributed by atoms with van der Waals surface area (Å²) in [7, 11) is 4.15. The lowest BCUT2D eigenvalue weighted by molar-refractivity contribution is -0.172. The number of fused-ring (bicyclic) bond motifs is 2. The molecule has 1 aromatic rings. The van der Waals surface area contributed by atoms with Crippen molar-refractivity contribution >= 4 is 17.8 Å². The van der Waals surface area contributed by atoms with E-state index in [2.05, 4.69) is 52.0 Å². The molecule has 1 amide bonds. The molecular formula is C38H56N2O6. The first-order valence-corrected chi connectivity index (χ1v) is 17.5. The van der Waals surface area contributed by atoms with Crippen molar-refractivity contribution in [3.05, 3.63) is 35.9 Å². The number of hydrogen-bond acceptors (Lipinski definition) is 7. The van der Waals surface area contributed by atoms with Crippen LogP contribution in [-0.4, -0.2) is 72.3 Å². The van der Waals surface area contributed by atoms with Crippen LogP contribution in [0.5, 0.6) is 0 Å². The van der Waals surface area contributed by atoms with E-state index in [1.54, 1.807) is 12.1 Å². The van der Waals surface area contributed by atoms with Gasteiger partial charge < -0.3 is 24.8 Å². The van der Waals surface area contributed by atoms with Crippen LogP contribution in [0.25, 0.3) is 0 Å². The number of esters is 1. The molecule has 2 spiro atoms. The highest BCUT2D eigenvalue weighted by molar-refractivity contribution is 5.92. The molecule has 5 fully saturated rings. The molecule has 0 aliphatic heterocycles. The molecule has 0 unspecified atom stereocenters. The van der Waals surface area contributed by atoms with Crippen molar-refractivity contribution in [1.82, 2.24) is 10.2 Å². The zero-order valence-electron chi connectivity index (χ0n) is 29.4. The van der Waals surface area contributed by atoms with Crippen molar-refractivity contribution < 1.29 is 29.0 Å². The quantitative estimate of drug-likeness (QED) is 0.356. The van der Waals surface area contributed by atoms with Gasteiger partial charge in [-0.1, -0.05) is 39.0 Å². The molecule has 8 nitrogen and oxygen atoms in total. The van der Waals surface area contributed by atoms with E-state index in [1.165, 1.54) is 0 Å². The molecule has 0 radical (unpaired) electrons. The highest BCUT2D eigenvalue weighted by Crippen LogP contribution is 2.88. The molecule has 0 heterocycles. The van der Waals surface area contributed by atoms with Gasteiger partial charge in [0.2, 0.25) is 0 Å². The monoisotopic (exact) mass is 636 g/mol. The molecule has 6 rings (SSSR count). The first-order chi connectivity index (χ1) is 21.4. The van der Waals surface area contributed by atoms with Gasteiger partial charge in [-0.2, -0.15) is 0 Å². The number of alkyl carbamates (subject to hydrolysis) is 1. The number of amides is 1. The Balaban J connectivity index is 1.33. The summed E-state index contributed by atoms with van der Waals surface area (Å²) in [6.07, 6.45) is 4.68. The lowest BCUT2D eigenvalue weighted by Gasteiger charge is -2.62. The van der Waals surface area contributed by atoms with E-state index in [-0.39, 0.29) is 64.8 Å². The van der Waals surface area contributed by atoms with Gasteiger partial charge in [-0.05, 0) is 121 Å². The summed E-state index contributed by atoms with van der Waals surface area (Å²) < 4.78 is 12.1. The topological polar surface area (TPSA) is 105 Å². The summed E-state index contributed by atoms with van der Waals surface area (Å²) >= 11 is 0. The highest BCUT2D eigenvalue weighted by Gasteiger charge is 2.86. The molecule has 11 atom stereocenters. The van der Waals surface area contributed by atoms with E-state index in [0.29, 0.717) is 24.2 Å². The molecule has 5 saturated carbocycles. The third-order valence-electron chi connectivity index (χ3n) is 14.3. The van der Waals surface area contributed by atoms with Gasteiger partial charge in [-0.15, -0.1) is 0 Å². The Hall–Kier alpha value is -2.45. The van der Waals surface area contributed by atoms with Crippen molar-refractivity contribution in [1.29, 1.82) is 0 Å². The van der Waals surface area contributed by atoms with E-state index >= 15 is 0 Å². The number of Topliss-reactive ketones (excluding diaryl/α,β-unsaturated/α-hetero) is 1. The summed E-state index contributed by atoms with van der Waals surface area (Å²) in [6, 6.07) is 9.11. The highest BCUT2D eigenvalue weighted by atomic mass is 16.6. The van der Waals surface area contributed by atoms with E-state index in [0.717, 1.165) is 32.1 Å². The first-order valence-electron chi connectivity index (χ1n) is 17.5. The normalized spacial score (nSPS) is 43.5. The van der Waals surface area contributed by atoms with Crippen molar-refractivity contribution in [3.63, 3.8) is 0 Å². The Morgan fingerprint density at radius 2 is 1.70 bits per heavy atom. The third-order valence-corrected chi connectivity index (χ3v) is 14.3. The van der Waals surface area contributed by atoms with E-state index < -0.39 is 22.5 Å². The molecule has 0 saturated heterocycles. The zero-order chi connectivity index (χ0) is 33.7. The van der Waals surface area contributed by atoms with Crippen LogP contribution in [0.2, 0.25) is 0 Å². The molecule has 0 bridgehead atoms. The fourth-order valence-corrected chi connectivity index (χ4v) is 12.0. The van der Waals surface area contributed by atoms with Crippen LogP contribution in [0.3, 0.4) is 0 Å². The minimum Gasteiger partial charge on any atom is -0.458 e. The fraction of sp³-hybridized carbons (Fsp3) is 0.763. The van der Waals surface area contributed by atoms with Crippen LogP contribution in [0.4, 0.5) is 4.79 Å². The summed E-state index contributed by atoms with van der Waals surface area (Å²) in [4.78, 5) is 43.4. The van der Waals surface area contributed by atoms with Gasteiger partial charge in [0.1, 0.15) is 17.5 Å². The maximum absolute atomic E-state index is 14.9. The molecule has 2 N–H and O–H groups in total. The van der Waals surface area contributed by atoms with E-state index in [4.69, 9.17) is 9.47 Å². The van der Waals surface area contributed by atoms with Crippen molar-refractivity contribution in [2.24, 2.45) is 44.8 Å². The molecular weight excluding hydrogens is 580 g/mol. The van der Waals surface area contributed by atoms with Gasteiger partial charge in [-0.25, -0.2) is 9.59 Å². The number of aliphatic hydroxyl groups is 1. The SMILES string of the molecule is C[C@@H]([C@H]1[C@H](OC(=O)c2ccccc2)C[C@@]2(C)[C@@H]3CC[C@H]4[C@](C)(CO)[C@@H](NC(=O)OC(C)(C)C)CC[C@@]45C[C@]35C(=O)C[C@]12C)N(C)C. The molecule has 46 heavy (non-hydrogen) atoms. The Bertz CT molecular complexity index is 1390. The summed E-state index contributed by atoms with van der Waals surface area (Å²) in [5, 5.41) is 14.1. The zero-order valence-corrected chi connectivity index (χ0v) is 29.4. The largest absolute Gasteiger partial charge is 0.458 e. The van der Waals surface area contributed by atoms with Gasteiger partial charge in [0.05, 0.1) is 12.2 Å². The van der Waals surface area contributed by atoms with Crippen LogP contribution in [0.1, 0.15) is 104 Å². The minimum absolute atomic E-state index is 0.00496. The maximum Gasteiger partial charge on any atom is 0.407 e. The van der Waals surface area contributed by atoms with Crippen LogP contribution in [0.15, 0.2) is 30.3 Å². The number of aliphatic hydroxyl groups excluding tert-OH is 1. The third kappa shape index (κ3) is 4.55. The number of benzene rings is 1. The number of ketones is 1. The van der Waals surface area contributed by atoms with Crippen molar-refractivity contribution in [3.8, 4) is 0 Å². The summed E-state index contributed by atoms with van der Waals surface area (Å²) in [6.45, 7) is 14.5. The number of carbonyl (C=O) groups excluding carboxylic acids is 3. The molecule has 0 aromatic heterocycles. The number of nitrogens with one attached hydrogen (secondary N) is 1. The Morgan fingerprint density at radius 1 is 1.04 bits per heavy atom. The molecule has 5 aliphatic carbocycles. The van der Waals surface area contributed by atoms with Gasteiger partial charge >= 0.3 is 12.1 Å². The Kier molecular flexibility index (Phi) is 7.84. The van der Waals surface area contributed by atoms with Crippen LogP contribution in [-0.2, 0) is 14.3 Å². The predicted molar refractivity (Wildman–Crippen MR) is 176 cm³/mol. The second-order valence-corrected chi connectivity index (χ2v) is 17.6. The lowest BCUT2D eigenvalue weighted by atomic mass is 9.41. The van der Waals surface area contributed by atoms with E-state index in [1.807, 2.05) is 39.0 Å². The van der Waals surface area contributed by atoms with Crippen molar-refractivity contribution in [2.75, 3.05) is 20.7 Å². The lowest BCUT2D eigenvalue weighted by Crippen LogP contribution is -2.64. The number of rotatable bonds is 6. The molecule has 1 aromatic carbocycles. The maximum atomic E-state index is 14.9. The Morgan fingerprint density at radius 3 is 2.30 bits per heavy atom. The predicted octanol–water partition coefficient (Wildman–Crippen LogP) is 6.26. The fourth-order valence-electron chi connectivity index (χ4n) is 12.0. The molecule has 8 heteroatoms. The van der Waals surface area contributed by atoms with Crippen molar-refractivity contribution in [2.45, 2.75) is 117 Å². The van der Waals surface area contributed by atoms with Gasteiger partial charge in [0.15, 0.2) is 0 Å². The summed E-state index contributed by atoms with van der Waals surface area (Å²) in [5.41, 5.74) is -1.76. The standard InChI is InChI=1S/C38H56N2O6/c1-23(40(8)9)30-25(45-31(43)24-13-11-10-12-14-24)19-35(6)27-16-15-26-34(5,22-41)28(39-32(44)46-33(2,3)4)17-18-37(26)21-38(27,37)29(42)20-36(30,35)7/h10-14,23,25-28,30,41H,15-22H2,1-9H3,(H,39,44)/t23-,25+,26-,27-,28-,30-,34-,35-,36+,37+,38+/m0/s1. The first kappa shape index (κ1) is 33.5. The van der Waals surface area contributed by atoms with Crippen LogP contribution < -0.4 is 5.32 Å². The van der Waals surface area contributed by atoms with Crippen LogP contribution >= 0.6 is 0 Å². The number of carbonyl (C=O) groups is 3. The van der Waals surface area contributed by atoms with Gasteiger partial charge in [0, 0.05) is 35.3 Å². The second kappa shape index (κ2) is 10.8. The second-order valence-electron chi connectivity index (χ2n) is 17.6. The average molecular weight is 637 g/mol. The molecule has 254 valence electrons. The smallest absolute Gasteiger partial charge is 0.407 e. The number of nitrogens with zero attached hydrogens (tertiary/aromatic N) is 1. The average Bonchev–Trinajstić information content (AvgIpc) is 3.61. The summed E-state index contributed by atoms with van der Waals surface area (Å²) in [5.74, 6) is 0.376. The number of hydrogen-bond donors (Lipinski definition) is 2. The van der Waals surface area contributed by atoms with Gasteiger partial charge in [0.25, 0.3) is 0 Å². The minimum atomic E-state index is -0.610. The molecule has 5 aliphatic rings. The Labute approximate surface area is 275 Å². The number of ether oxygens (including phenoxy) is 2. The van der Waals surface area contributed by atoms with E-state index in [9.17, 15) is 19.5 Å². The van der Waals surface area contributed by atoms with Crippen LogP contribution in [0, 0.1) is 44.8 Å². The van der Waals surface area contributed by atoms with Gasteiger partial charge in [-0.3, -0.25) is 4.79 Å².